The summed E-state index contributed by atoms with van der Waals surface area (Å²) in [6, 6.07) is 11.1. The highest BCUT2D eigenvalue weighted by Gasteiger charge is 2.38. The van der Waals surface area contributed by atoms with Gasteiger partial charge in [0.2, 0.25) is 0 Å². The van der Waals surface area contributed by atoms with Crippen molar-refractivity contribution >= 4 is 11.8 Å². The molecule has 1 aliphatic carbocycles. The van der Waals surface area contributed by atoms with Gasteiger partial charge in [0, 0.05) is 22.6 Å². The molecule has 2 unspecified atom stereocenters. The van der Waals surface area contributed by atoms with Gasteiger partial charge in [0.15, 0.2) is 0 Å². The van der Waals surface area contributed by atoms with Crippen LogP contribution in [0.1, 0.15) is 38.7 Å². The Labute approximate surface area is 121 Å². The molecule has 2 atom stereocenters. The lowest BCUT2D eigenvalue weighted by atomic mass is 9.98. The van der Waals surface area contributed by atoms with E-state index in [-0.39, 0.29) is 12.1 Å². The summed E-state index contributed by atoms with van der Waals surface area (Å²) in [6.07, 6.45) is 3.38. The van der Waals surface area contributed by atoms with Crippen molar-refractivity contribution in [2.24, 2.45) is 0 Å². The molecular formula is C16H25NOS. The van der Waals surface area contributed by atoms with Crippen molar-refractivity contribution in [3.63, 3.8) is 0 Å². The molecule has 2 nitrogen and oxygen atoms in total. The van der Waals surface area contributed by atoms with Crippen molar-refractivity contribution in [3.8, 4) is 0 Å². The molecule has 0 spiro atoms. The van der Waals surface area contributed by atoms with Crippen LogP contribution in [-0.4, -0.2) is 28.5 Å². The van der Waals surface area contributed by atoms with Crippen molar-refractivity contribution in [3.05, 3.63) is 35.9 Å². The third-order valence-electron chi connectivity index (χ3n) is 3.79. The quantitative estimate of drug-likeness (QED) is 0.839. The maximum absolute atomic E-state index is 9.70. The van der Waals surface area contributed by atoms with Gasteiger partial charge in [-0.25, -0.2) is 0 Å². The molecule has 106 valence electrons. The first-order chi connectivity index (χ1) is 9.13. The minimum atomic E-state index is -0.0392. The molecule has 1 aliphatic rings. The first-order valence-electron chi connectivity index (χ1n) is 7.18. The van der Waals surface area contributed by atoms with Crippen molar-refractivity contribution < 1.29 is 5.11 Å². The normalized spacial score (nSPS) is 27.1. The van der Waals surface area contributed by atoms with Crippen LogP contribution in [0.25, 0.3) is 0 Å². The minimum absolute atomic E-state index is 0.0392. The van der Waals surface area contributed by atoms with Crippen LogP contribution in [0, 0.1) is 0 Å². The Bertz CT molecular complexity index is 382. The molecule has 0 saturated heterocycles. The van der Waals surface area contributed by atoms with Crippen LogP contribution in [-0.2, 0) is 5.75 Å². The van der Waals surface area contributed by atoms with Gasteiger partial charge in [0.1, 0.15) is 0 Å². The van der Waals surface area contributed by atoms with Gasteiger partial charge in [-0.15, -0.1) is 0 Å². The molecule has 0 aromatic heterocycles. The summed E-state index contributed by atoms with van der Waals surface area (Å²) in [5.41, 5.74) is 1.36. The molecule has 0 radical (unpaired) electrons. The Balaban J connectivity index is 1.84. The summed E-state index contributed by atoms with van der Waals surface area (Å²) in [5.74, 6) is 1.08. The third-order valence-corrected chi connectivity index (χ3v) is 5.16. The molecule has 0 amide bonds. The molecule has 0 heterocycles. The number of benzene rings is 1. The van der Waals surface area contributed by atoms with E-state index >= 15 is 0 Å². The van der Waals surface area contributed by atoms with Crippen LogP contribution < -0.4 is 5.32 Å². The van der Waals surface area contributed by atoms with Gasteiger partial charge in [-0.05, 0) is 24.8 Å². The number of hydrogen-bond acceptors (Lipinski definition) is 3. The second kappa shape index (κ2) is 6.78. The van der Waals surface area contributed by atoms with E-state index in [0.717, 1.165) is 18.6 Å². The zero-order valence-electron chi connectivity index (χ0n) is 11.9. The zero-order chi connectivity index (χ0) is 13.7. The van der Waals surface area contributed by atoms with Gasteiger partial charge in [-0.1, -0.05) is 44.2 Å². The average molecular weight is 279 g/mol. The summed E-state index contributed by atoms with van der Waals surface area (Å²) in [6.45, 7) is 4.57. The van der Waals surface area contributed by atoms with Gasteiger partial charge in [0.05, 0.1) is 6.61 Å². The molecule has 1 aromatic rings. The van der Waals surface area contributed by atoms with Gasteiger partial charge in [-0.2, -0.15) is 11.8 Å². The molecule has 0 aliphatic heterocycles. The fraction of sp³-hybridized carbons (Fsp3) is 0.625. The van der Waals surface area contributed by atoms with E-state index in [1.54, 1.807) is 0 Å². The average Bonchev–Trinajstić information content (AvgIpc) is 2.81. The lowest BCUT2D eigenvalue weighted by Gasteiger charge is -2.31. The number of nitrogens with one attached hydrogen (secondary N) is 1. The van der Waals surface area contributed by atoms with Crippen LogP contribution in [0.3, 0.4) is 0 Å². The number of hydrogen-bond donors (Lipinski definition) is 2. The molecule has 19 heavy (non-hydrogen) atoms. The van der Waals surface area contributed by atoms with Crippen LogP contribution in [0.4, 0.5) is 0 Å². The van der Waals surface area contributed by atoms with Gasteiger partial charge < -0.3 is 10.4 Å². The Morgan fingerprint density at radius 1 is 1.37 bits per heavy atom. The van der Waals surface area contributed by atoms with Crippen LogP contribution in [0.5, 0.6) is 0 Å². The monoisotopic (exact) mass is 279 g/mol. The lowest BCUT2D eigenvalue weighted by molar-refractivity contribution is 0.156. The van der Waals surface area contributed by atoms with E-state index in [9.17, 15) is 5.11 Å². The third kappa shape index (κ3) is 4.23. The highest BCUT2D eigenvalue weighted by Crippen LogP contribution is 2.38. The highest BCUT2D eigenvalue weighted by atomic mass is 32.2. The smallest absolute Gasteiger partial charge is 0.0613 e. The predicted octanol–water partition coefficient (Wildman–Crippen LogP) is 3.20. The van der Waals surface area contributed by atoms with E-state index in [4.69, 9.17) is 0 Å². The summed E-state index contributed by atoms with van der Waals surface area (Å²) in [4.78, 5) is 0. The van der Waals surface area contributed by atoms with Crippen LogP contribution in [0.15, 0.2) is 30.3 Å². The Morgan fingerprint density at radius 3 is 2.74 bits per heavy atom. The van der Waals surface area contributed by atoms with E-state index in [2.05, 4.69) is 49.5 Å². The number of aliphatic hydroxyl groups excluding tert-OH is 1. The Hall–Kier alpha value is -0.510. The van der Waals surface area contributed by atoms with Crippen molar-refractivity contribution in [2.45, 2.75) is 55.7 Å². The highest BCUT2D eigenvalue weighted by molar-refractivity contribution is 7.99. The topological polar surface area (TPSA) is 32.3 Å². The standard InChI is InChI=1S/C16H25NOS/c1-13(2)17-16(12-18)9-8-15(10-16)19-11-14-6-4-3-5-7-14/h3-7,13,15,17-18H,8-12H2,1-2H3. The van der Waals surface area contributed by atoms with Gasteiger partial charge >= 0.3 is 0 Å². The SMILES string of the molecule is CC(C)NC1(CO)CCC(SCc2ccccc2)C1. The van der Waals surface area contributed by atoms with Crippen molar-refractivity contribution in [2.75, 3.05) is 6.61 Å². The number of thioether (sulfide) groups is 1. The molecule has 2 N–H and O–H groups in total. The summed E-state index contributed by atoms with van der Waals surface area (Å²) in [5, 5.41) is 13.9. The number of aliphatic hydroxyl groups is 1. The van der Waals surface area contributed by atoms with Crippen molar-refractivity contribution in [1.82, 2.24) is 5.32 Å². The zero-order valence-corrected chi connectivity index (χ0v) is 12.7. The van der Waals surface area contributed by atoms with Gasteiger partial charge in [0.25, 0.3) is 0 Å². The molecule has 1 aromatic carbocycles. The lowest BCUT2D eigenvalue weighted by Crippen LogP contribution is -2.49. The fourth-order valence-corrected chi connectivity index (χ4v) is 4.28. The van der Waals surface area contributed by atoms with E-state index < -0.39 is 0 Å². The van der Waals surface area contributed by atoms with Crippen LogP contribution >= 0.6 is 11.8 Å². The summed E-state index contributed by atoms with van der Waals surface area (Å²) in [7, 11) is 0. The van der Waals surface area contributed by atoms with E-state index in [0.29, 0.717) is 11.3 Å². The Morgan fingerprint density at radius 2 is 2.11 bits per heavy atom. The maximum Gasteiger partial charge on any atom is 0.0613 e. The first-order valence-corrected chi connectivity index (χ1v) is 8.22. The molecule has 0 bridgehead atoms. The van der Waals surface area contributed by atoms with Crippen LogP contribution in [0.2, 0.25) is 0 Å². The minimum Gasteiger partial charge on any atom is -0.394 e. The van der Waals surface area contributed by atoms with Crippen molar-refractivity contribution in [1.29, 1.82) is 0 Å². The molecule has 1 fully saturated rings. The second-order valence-electron chi connectivity index (χ2n) is 5.90. The Kier molecular flexibility index (Phi) is 5.31. The largest absolute Gasteiger partial charge is 0.394 e. The summed E-state index contributed by atoms with van der Waals surface area (Å²) >= 11 is 2.03. The maximum atomic E-state index is 9.70. The first kappa shape index (κ1) is 14.9. The predicted molar refractivity (Wildman–Crippen MR) is 83.5 cm³/mol. The molecule has 2 rings (SSSR count). The van der Waals surface area contributed by atoms with E-state index in [1.165, 1.54) is 12.0 Å². The molecule has 1 saturated carbocycles. The molecule has 3 heteroatoms. The second-order valence-corrected chi connectivity index (χ2v) is 7.19. The number of rotatable bonds is 6. The van der Waals surface area contributed by atoms with E-state index in [1.807, 2.05) is 11.8 Å². The fourth-order valence-electron chi connectivity index (χ4n) is 2.94. The molecular weight excluding hydrogens is 254 g/mol. The van der Waals surface area contributed by atoms with Gasteiger partial charge in [-0.3, -0.25) is 0 Å². The summed E-state index contributed by atoms with van der Waals surface area (Å²) < 4.78 is 0.